The van der Waals surface area contributed by atoms with Crippen LogP contribution < -0.4 is 15.5 Å². The summed E-state index contributed by atoms with van der Waals surface area (Å²) in [7, 11) is 0. The van der Waals surface area contributed by atoms with Gasteiger partial charge in [-0.25, -0.2) is 9.26 Å². The van der Waals surface area contributed by atoms with E-state index >= 15 is 0 Å². The Hall–Kier alpha value is -3.76. The highest BCUT2D eigenvalue weighted by Crippen LogP contribution is 2.15. The van der Waals surface area contributed by atoms with E-state index in [9.17, 15) is 9.59 Å². The number of hydrogen-bond acceptors (Lipinski definition) is 9. The third kappa shape index (κ3) is 4.66. The van der Waals surface area contributed by atoms with Gasteiger partial charge in [-0.15, -0.1) is 0 Å². The summed E-state index contributed by atoms with van der Waals surface area (Å²) in [6, 6.07) is 9.07. The van der Waals surface area contributed by atoms with Gasteiger partial charge >= 0.3 is 0 Å². The first-order valence-electron chi connectivity index (χ1n) is 8.01. The van der Waals surface area contributed by atoms with E-state index in [1.54, 1.807) is 30.9 Å². The summed E-state index contributed by atoms with van der Waals surface area (Å²) in [5, 5.41) is 19.6. The molecule has 0 aliphatic carbocycles. The number of aryl methyl sites for hydroxylation is 2. The molecule has 3 aromatic rings. The minimum atomic E-state index is -0.371. The highest BCUT2D eigenvalue weighted by Gasteiger charge is 2.18. The Morgan fingerprint density at radius 2 is 1.33 bits per heavy atom. The Kier molecular flexibility index (Phi) is 5.40. The molecule has 0 bridgehead atoms. The summed E-state index contributed by atoms with van der Waals surface area (Å²) in [4.78, 5) is 26.3. The molecule has 0 radical (unpaired) electrons. The molecule has 11 heteroatoms. The largest absolute Gasteiger partial charge is 0.353 e. The summed E-state index contributed by atoms with van der Waals surface area (Å²) in [6.45, 7) is 3.14. The van der Waals surface area contributed by atoms with Gasteiger partial charge in [0.05, 0.1) is 13.1 Å². The molecule has 0 aliphatic rings. The van der Waals surface area contributed by atoms with Crippen LogP contribution >= 0.6 is 0 Å². The molecule has 140 valence electrons. The van der Waals surface area contributed by atoms with E-state index in [4.69, 9.17) is 0 Å². The zero-order chi connectivity index (χ0) is 19.2. The number of anilines is 3. The van der Waals surface area contributed by atoms with E-state index < -0.39 is 0 Å². The molecular formula is C16H17N7O4. The third-order valence-corrected chi connectivity index (χ3v) is 3.61. The second-order valence-electron chi connectivity index (χ2n) is 5.68. The van der Waals surface area contributed by atoms with Crippen LogP contribution in [0.2, 0.25) is 0 Å². The minimum Gasteiger partial charge on any atom is -0.353 e. The predicted octanol–water partition coefficient (Wildman–Crippen LogP) is 1.15. The average Bonchev–Trinajstić information content (AvgIpc) is 3.24. The average molecular weight is 371 g/mol. The Morgan fingerprint density at radius 3 is 1.74 bits per heavy atom. The number of carbonyl (C=O) groups excluding carboxylic acids is 2. The molecule has 1 aromatic carbocycles. The number of aromatic nitrogens is 4. The van der Waals surface area contributed by atoms with Gasteiger partial charge in [-0.3, -0.25) is 9.59 Å². The van der Waals surface area contributed by atoms with Gasteiger partial charge in [-0.2, -0.15) is 0 Å². The summed E-state index contributed by atoms with van der Waals surface area (Å²) >= 11 is 0. The quantitative estimate of drug-likeness (QED) is 0.626. The van der Waals surface area contributed by atoms with Crippen molar-refractivity contribution in [1.82, 2.24) is 20.6 Å². The van der Waals surface area contributed by atoms with Crippen LogP contribution in [0.25, 0.3) is 0 Å². The molecule has 2 N–H and O–H groups in total. The lowest BCUT2D eigenvalue weighted by Gasteiger charge is -2.23. The predicted molar refractivity (Wildman–Crippen MR) is 94.0 cm³/mol. The summed E-state index contributed by atoms with van der Waals surface area (Å²) in [5.41, 5.74) is 1.62. The van der Waals surface area contributed by atoms with Crippen molar-refractivity contribution in [3.8, 4) is 0 Å². The maximum Gasteiger partial charge on any atom is 0.245 e. The topological polar surface area (TPSA) is 139 Å². The number of carbonyl (C=O) groups is 2. The van der Waals surface area contributed by atoms with Gasteiger partial charge in [0.25, 0.3) is 0 Å². The normalized spacial score (nSPS) is 10.4. The summed E-state index contributed by atoms with van der Waals surface area (Å²) in [6.07, 6.45) is 0. The van der Waals surface area contributed by atoms with Gasteiger partial charge in [-0.1, -0.05) is 28.5 Å². The van der Waals surface area contributed by atoms with E-state index in [1.165, 1.54) is 0 Å². The molecule has 2 amide bonds. The van der Waals surface area contributed by atoms with Gasteiger partial charge in [-0.05, 0) is 36.3 Å². The molecule has 3 rings (SSSR count). The Bertz CT molecular complexity index is 866. The molecule has 2 heterocycles. The van der Waals surface area contributed by atoms with Crippen LogP contribution in [-0.2, 0) is 9.59 Å². The highest BCUT2D eigenvalue weighted by atomic mass is 16.6. The standard InChI is InChI=1S/C16H17N7O4/c1-10-15(21-26-19-10)17-13(24)8-23(12-6-4-3-5-7-12)9-14(25)18-16-11(2)20-27-22-16/h3-7H,8-9H2,1-2H3,(H,17,21,24)(H,18,22,25). The van der Waals surface area contributed by atoms with Gasteiger partial charge in [0.15, 0.2) is 11.6 Å². The van der Waals surface area contributed by atoms with Crippen molar-refractivity contribution in [2.45, 2.75) is 13.8 Å². The van der Waals surface area contributed by atoms with Crippen molar-refractivity contribution in [2.75, 3.05) is 28.6 Å². The van der Waals surface area contributed by atoms with Crippen LogP contribution in [0.3, 0.4) is 0 Å². The number of para-hydroxylation sites is 1. The first kappa shape index (κ1) is 18.0. The smallest absolute Gasteiger partial charge is 0.245 e. The van der Waals surface area contributed by atoms with Crippen LogP contribution in [0.15, 0.2) is 39.6 Å². The summed E-state index contributed by atoms with van der Waals surface area (Å²) in [5.74, 6) is -0.266. The van der Waals surface area contributed by atoms with Gasteiger partial charge < -0.3 is 15.5 Å². The van der Waals surface area contributed by atoms with Crippen molar-refractivity contribution in [2.24, 2.45) is 0 Å². The Balaban J connectivity index is 1.69. The number of rotatable bonds is 7. The van der Waals surface area contributed by atoms with Crippen LogP contribution in [-0.4, -0.2) is 45.5 Å². The SMILES string of the molecule is Cc1nonc1NC(=O)CN(CC(=O)Nc1nonc1C)c1ccccc1. The van der Waals surface area contributed by atoms with Gasteiger partial charge in [0.2, 0.25) is 11.8 Å². The highest BCUT2D eigenvalue weighted by molar-refractivity contribution is 5.97. The lowest BCUT2D eigenvalue weighted by Crippen LogP contribution is -2.39. The number of nitrogens with zero attached hydrogens (tertiary/aromatic N) is 5. The van der Waals surface area contributed by atoms with E-state index in [2.05, 4.69) is 40.5 Å². The fourth-order valence-corrected chi connectivity index (χ4v) is 2.26. The minimum absolute atomic E-state index is 0.0836. The van der Waals surface area contributed by atoms with E-state index in [0.29, 0.717) is 17.1 Å². The monoisotopic (exact) mass is 371 g/mol. The van der Waals surface area contributed by atoms with E-state index in [-0.39, 0.29) is 36.5 Å². The number of benzene rings is 1. The molecule has 0 saturated carbocycles. The number of nitrogens with one attached hydrogen (secondary N) is 2. The van der Waals surface area contributed by atoms with E-state index in [0.717, 1.165) is 0 Å². The molecule has 0 unspecified atom stereocenters. The maximum absolute atomic E-state index is 12.4. The fraction of sp³-hybridized carbons (Fsp3) is 0.250. The Labute approximate surface area is 153 Å². The molecular weight excluding hydrogens is 354 g/mol. The molecule has 27 heavy (non-hydrogen) atoms. The van der Waals surface area contributed by atoms with Gasteiger partial charge in [0.1, 0.15) is 11.4 Å². The van der Waals surface area contributed by atoms with Crippen LogP contribution in [0.1, 0.15) is 11.4 Å². The van der Waals surface area contributed by atoms with Crippen LogP contribution in [0.4, 0.5) is 17.3 Å². The molecule has 0 spiro atoms. The first-order chi connectivity index (χ1) is 13.0. The lowest BCUT2D eigenvalue weighted by atomic mass is 10.2. The van der Waals surface area contributed by atoms with Crippen molar-refractivity contribution in [3.63, 3.8) is 0 Å². The lowest BCUT2D eigenvalue weighted by molar-refractivity contribution is -0.115. The van der Waals surface area contributed by atoms with Crippen molar-refractivity contribution in [3.05, 3.63) is 41.7 Å². The molecule has 0 atom stereocenters. The molecule has 2 aromatic heterocycles. The van der Waals surface area contributed by atoms with Crippen molar-refractivity contribution < 1.29 is 18.8 Å². The maximum atomic E-state index is 12.4. The zero-order valence-electron chi connectivity index (χ0n) is 14.7. The Morgan fingerprint density at radius 1 is 0.852 bits per heavy atom. The third-order valence-electron chi connectivity index (χ3n) is 3.61. The summed E-state index contributed by atoms with van der Waals surface area (Å²) < 4.78 is 9.11. The fourth-order valence-electron chi connectivity index (χ4n) is 2.26. The number of amides is 2. The van der Waals surface area contributed by atoms with Crippen LogP contribution in [0.5, 0.6) is 0 Å². The van der Waals surface area contributed by atoms with Crippen LogP contribution in [0, 0.1) is 13.8 Å². The zero-order valence-corrected chi connectivity index (χ0v) is 14.7. The number of hydrogen-bond donors (Lipinski definition) is 2. The molecule has 0 aliphatic heterocycles. The van der Waals surface area contributed by atoms with E-state index in [1.807, 2.05) is 18.2 Å². The second kappa shape index (κ2) is 8.08. The second-order valence-corrected chi connectivity index (χ2v) is 5.68. The molecule has 0 fully saturated rings. The molecule has 0 saturated heterocycles. The van der Waals surface area contributed by atoms with Crippen molar-refractivity contribution >= 4 is 29.1 Å². The van der Waals surface area contributed by atoms with Gasteiger partial charge in [0, 0.05) is 5.69 Å². The molecule has 11 nitrogen and oxygen atoms in total. The van der Waals surface area contributed by atoms with Crippen molar-refractivity contribution in [1.29, 1.82) is 0 Å². The first-order valence-corrected chi connectivity index (χ1v) is 8.01.